The Balaban J connectivity index is 2.08. The lowest BCUT2D eigenvalue weighted by Crippen LogP contribution is -2.04. The summed E-state index contributed by atoms with van der Waals surface area (Å²) in [6.07, 6.45) is 2.03. The average Bonchev–Trinajstić information content (AvgIpc) is 2.81. The maximum Gasteiger partial charge on any atom is 0.162 e. The van der Waals surface area contributed by atoms with Gasteiger partial charge in [-0.3, -0.25) is 0 Å². The SMILES string of the molecule is COc1ccc(NCc2cccn2C)cc1OC. The first kappa shape index (κ1) is 12.4. The van der Waals surface area contributed by atoms with Crippen molar-refractivity contribution in [3.8, 4) is 11.5 Å². The van der Waals surface area contributed by atoms with Gasteiger partial charge in [0.05, 0.1) is 20.8 Å². The second kappa shape index (κ2) is 5.49. The van der Waals surface area contributed by atoms with E-state index in [2.05, 4.69) is 16.0 Å². The van der Waals surface area contributed by atoms with Crippen molar-refractivity contribution in [1.82, 2.24) is 4.57 Å². The molecule has 0 unspecified atom stereocenters. The third-order valence-electron chi connectivity index (χ3n) is 2.91. The highest BCUT2D eigenvalue weighted by Crippen LogP contribution is 2.29. The molecule has 96 valence electrons. The molecule has 0 fully saturated rings. The van der Waals surface area contributed by atoms with Crippen LogP contribution in [0.2, 0.25) is 0 Å². The number of hydrogen-bond donors (Lipinski definition) is 1. The van der Waals surface area contributed by atoms with Crippen molar-refractivity contribution in [2.24, 2.45) is 7.05 Å². The summed E-state index contributed by atoms with van der Waals surface area (Å²) < 4.78 is 12.6. The molecule has 0 aliphatic carbocycles. The Bertz CT molecular complexity index is 520. The number of nitrogens with one attached hydrogen (secondary N) is 1. The molecule has 0 atom stereocenters. The fourth-order valence-corrected chi connectivity index (χ4v) is 1.82. The Morgan fingerprint density at radius 2 is 1.89 bits per heavy atom. The van der Waals surface area contributed by atoms with E-state index >= 15 is 0 Å². The summed E-state index contributed by atoms with van der Waals surface area (Å²) in [5, 5.41) is 3.36. The number of anilines is 1. The standard InChI is InChI=1S/C14H18N2O2/c1-16-8-4-5-12(16)10-15-11-6-7-13(17-2)14(9-11)18-3/h4-9,15H,10H2,1-3H3. The van der Waals surface area contributed by atoms with Crippen LogP contribution in [0.25, 0.3) is 0 Å². The monoisotopic (exact) mass is 246 g/mol. The molecule has 0 bridgehead atoms. The van der Waals surface area contributed by atoms with E-state index in [0.29, 0.717) is 0 Å². The van der Waals surface area contributed by atoms with Crippen LogP contribution in [-0.2, 0) is 13.6 Å². The minimum atomic E-state index is 0.731. The largest absolute Gasteiger partial charge is 0.493 e. The van der Waals surface area contributed by atoms with Gasteiger partial charge in [0.15, 0.2) is 11.5 Å². The van der Waals surface area contributed by atoms with Gasteiger partial charge in [0.25, 0.3) is 0 Å². The zero-order valence-corrected chi connectivity index (χ0v) is 10.9. The molecule has 0 saturated carbocycles. The van der Waals surface area contributed by atoms with Gasteiger partial charge in [0, 0.05) is 30.7 Å². The van der Waals surface area contributed by atoms with Crippen LogP contribution in [0.1, 0.15) is 5.69 Å². The molecule has 2 aromatic rings. The number of hydrogen-bond acceptors (Lipinski definition) is 3. The van der Waals surface area contributed by atoms with Gasteiger partial charge in [0.2, 0.25) is 0 Å². The lowest BCUT2D eigenvalue weighted by atomic mass is 10.2. The second-order valence-electron chi connectivity index (χ2n) is 4.03. The highest BCUT2D eigenvalue weighted by Gasteiger charge is 2.04. The van der Waals surface area contributed by atoms with E-state index in [1.165, 1.54) is 5.69 Å². The summed E-state index contributed by atoms with van der Waals surface area (Å²) >= 11 is 0. The van der Waals surface area contributed by atoms with E-state index in [-0.39, 0.29) is 0 Å². The number of methoxy groups -OCH3 is 2. The van der Waals surface area contributed by atoms with Crippen molar-refractivity contribution >= 4 is 5.69 Å². The number of aromatic nitrogens is 1. The van der Waals surface area contributed by atoms with Gasteiger partial charge >= 0.3 is 0 Å². The summed E-state index contributed by atoms with van der Waals surface area (Å²) in [6.45, 7) is 0.777. The molecule has 1 N–H and O–H groups in total. The van der Waals surface area contributed by atoms with Crippen molar-refractivity contribution in [2.75, 3.05) is 19.5 Å². The first-order chi connectivity index (χ1) is 8.74. The van der Waals surface area contributed by atoms with Crippen molar-refractivity contribution in [2.45, 2.75) is 6.54 Å². The van der Waals surface area contributed by atoms with Gasteiger partial charge in [-0.05, 0) is 24.3 Å². The second-order valence-corrected chi connectivity index (χ2v) is 4.03. The molecule has 1 aromatic carbocycles. The van der Waals surface area contributed by atoms with E-state index in [1.54, 1.807) is 14.2 Å². The number of benzene rings is 1. The van der Waals surface area contributed by atoms with Gasteiger partial charge in [-0.1, -0.05) is 0 Å². The summed E-state index contributed by atoms with van der Waals surface area (Å²) in [5.41, 5.74) is 2.23. The highest BCUT2D eigenvalue weighted by atomic mass is 16.5. The van der Waals surface area contributed by atoms with Crippen molar-refractivity contribution in [3.05, 3.63) is 42.2 Å². The lowest BCUT2D eigenvalue weighted by molar-refractivity contribution is 0.355. The Morgan fingerprint density at radius 1 is 1.11 bits per heavy atom. The molecule has 1 aromatic heterocycles. The topological polar surface area (TPSA) is 35.4 Å². The minimum Gasteiger partial charge on any atom is -0.493 e. The summed E-state index contributed by atoms with van der Waals surface area (Å²) in [7, 11) is 5.30. The maximum atomic E-state index is 5.27. The molecule has 0 amide bonds. The van der Waals surface area contributed by atoms with Crippen LogP contribution in [0.4, 0.5) is 5.69 Å². The molecular weight excluding hydrogens is 228 g/mol. The van der Waals surface area contributed by atoms with Gasteiger partial charge in [-0.25, -0.2) is 0 Å². The average molecular weight is 246 g/mol. The maximum absolute atomic E-state index is 5.27. The Labute approximate surface area is 107 Å². The molecule has 18 heavy (non-hydrogen) atoms. The Morgan fingerprint density at radius 3 is 2.50 bits per heavy atom. The van der Waals surface area contributed by atoms with Crippen LogP contribution < -0.4 is 14.8 Å². The molecule has 4 heteroatoms. The minimum absolute atomic E-state index is 0.731. The quantitative estimate of drug-likeness (QED) is 0.881. The lowest BCUT2D eigenvalue weighted by Gasteiger charge is -2.11. The first-order valence-electron chi connectivity index (χ1n) is 5.80. The predicted octanol–water partition coefficient (Wildman–Crippen LogP) is 2.65. The molecule has 0 spiro atoms. The zero-order chi connectivity index (χ0) is 13.0. The molecule has 0 saturated heterocycles. The van der Waals surface area contributed by atoms with Crippen LogP contribution in [0.15, 0.2) is 36.5 Å². The molecule has 0 radical (unpaired) electrons. The molecule has 4 nitrogen and oxygen atoms in total. The molecule has 0 aliphatic heterocycles. The molecule has 1 heterocycles. The number of rotatable bonds is 5. The van der Waals surface area contributed by atoms with E-state index in [4.69, 9.17) is 9.47 Å². The Kier molecular flexibility index (Phi) is 3.77. The summed E-state index contributed by atoms with van der Waals surface area (Å²) in [6, 6.07) is 9.93. The molecular formula is C14H18N2O2. The van der Waals surface area contributed by atoms with Gasteiger partial charge in [0.1, 0.15) is 0 Å². The van der Waals surface area contributed by atoms with E-state index in [0.717, 1.165) is 23.7 Å². The number of aryl methyl sites for hydroxylation is 1. The first-order valence-corrected chi connectivity index (χ1v) is 5.80. The van der Waals surface area contributed by atoms with E-state index < -0.39 is 0 Å². The summed E-state index contributed by atoms with van der Waals surface area (Å²) in [4.78, 5) is 0. The molecule has 2 rings (SSSR count). The normalized spacial score (nSPS) is 10.2. The zero-order valence-electron chi connectivity index (χ0n) is 10.9. The smallest absolute Gasteiger partial charge is 0.162 e. The van der Waals surface area contributed by atoms with Crippen LogP contribution in [0, 0.1) is 0 Å². The van der Waals surface area contributed by atoms with Gasteiger partial charge < -0.3 is 19.4 Å². The van der Waals surface area contributed by atoms with Crippen LogP contribution in [0.5, 0.6) is 11.5 Å². The highest BCUT2D eigenvalue weighted by molar-refractivity contribution is 5.54. The van der Waals surface area contributed by atoms with Crippen molar-refractivity contribution in [3.63, 3.8) is 0 Å². The van der Waals surface area contributed by atoms with Crippen LogP contribution in [0.3, 0.4) is 0 Å². The fraction of sp³-hybridized carbons (Fsp3) is 0.286. The molecule has 0 aliphatic rings. The Hall–Kier alpha value is -2.10. The van der Waals surface area contributed by atoms with Gasteiger partial charge in [-0.15, -0.1) is 0 Å². The number of nitrogens with zero attached hydrogens (tertiary/aromatic N) is 1. The van der Waals surface area contributed by atoms with Crippen molar-refractivity contribution < 1.29 is 9.47 Å². The van der Waals surface area contributed by atoms with Gasteiger partial charge in [-0.2, -0.15) is 0 Å². The summed E-state index contributed by atoms with van der Waals surface area (Å²) in [5.74, 6) is 1.47. The van der Waals surface area contributed by atoms with Crippen LogP contribution >= 0.6 is 0 Å². The van der Waals surface area contributed by atoms with Crippen LogP contribution in [-0.4, -0.2) is 18.8 Å². The van der Waals surface area contributed by atoms with E-state index in [1.807, 2.05) is 37.5 Å². The predicted molar refractivity (Wildman–Crippen MR) is 72.3 cm³/mol. The van der Waals surface area contributed by atoms with E-state index in [9.17, 15) is 0 Å². The third-order valence-corrected chi connectivity index (χ3v) is 2.91. The van der Waals surface area contributed by atoms with Crippen molar-refractivity contribution in [1.29, 1.82) is 0 Å². The third kappa shape index (κ3) is 2.59. The fourth-order valence-electron chi connectivity index (χ4n) is 1.82. The number of ether oxygens (including phenoxy) is 2.